The normalized spacial score (nSPS) is 12.8. The van der Waals surface area contributed by atoms with Crippen LogP contribution in [0.25, 0.3) is 0 Å². The van der Waals surface area contributed by atoms with Crippen molar-refractivity contribution < 1.29 is 19.8 Å². The van der Waals surface area contributed by atoms with Gasteiger partial charge >= 0.3 is 11.9 Å². The molecule has 0 bridgehead atoms. The molecule has 1 unspecified atom stereocenters. The van der Waals surface area contributed by atoms with Gasteiger partial charge in [0.05, 0.1) is 0 Å². The van der Waals surface area contributed by atoms with E-state index in [0.29, 0.717) is 13.0 Å². The molecule has 1 rings (SSSR count). The van der Waals surface area contributed by atoms with Gasteiger partial charge in [0.15, 0.2) is 5.41 Å². The third-order valence-corrected chi connectivity index (χ3v) is 4.24. The Bertz CT molecular complexity index is 473. The predicted octanol–water partition coefficient (Wildman–Crippen LogP) is 2.54. The highest BCUT2D eigenvalue weighted by Gasteiger charge is 2.46. The molecule has 1 aromatic rings. The summed E-state index contributed by atoms with van der Waals surface area (Å²) in [5.41, 5.74) is 4.93. The molecular formula is C17H25NO4. The van der Waals surface area contributed by atoms with Crippen molar-refractivity contribution in [2.24, 2.45) is 17.1 Å². The van der Waals surface area contributed by atoms with Crippen LogP contribution in [0.15, 0.2) is 30.3 Å². The number of benzene rings is 1. The van der Waals surface area contributed by atoms with Crippen molar-refractivity contribution in [3.63, 3.8) is 0 Å². The molecule has 0 spiro atoms. The number of aliphatic carboxylic acids is 2. The summed E-state index contributed by atoms with van der Waals surface area (Å²) in [6, 6.07) is 9.73. The van der Waals surface area contributed by atoms with Crippen LogP contribution >= 0.6 is 0 Å². The van der Waals surface area contributed by atoms with E-state index >= 15 is 0 Å². The Morgan fingerprint density at radius 1 is 1.18 bits per heavy atom. The van der Waals surface area contributed by atoms with Crippen LogP contribution in [-0.2, 0) is 16.0 Å². The van der Waals surface area contributed by atoms with Gasteiger partial charge in [-0.25, -0.2) is 0 Å². The lowest BCUT2D eigenvalue weighted by Gasteiger charge is -2.28. The zero-order chi connectivity index (χ0) is 16.6. The first-order valence-electron chi connectivity index (χ1n) is 7.67. The summed E-state index contributed by atoms with van der Waals surface area (Å²) in [6.07, 6.45) is 2.36. The number of hydrogen-bond donors (Lipinski definition) is 3. The molecule has 1 atom stereocenters. The highest BCUT2D eigenvalue weighted by molar-refractivity contribution is 5.98. The maximum absolute atomic E-state index is 11.6. The van der Waals surface area contributed by atoms with E-state index in [9.17, 15) is 19.8 Å². The smallest absolute Gasteiger partial charge is 0.321 e. The molecular weight excluding hydrogens is 282 g/mol. The first-order chi connectivity index (χ1) is 10.5. The van der Waals surface area contributed by atoms with Gasteiger partial charge < -0.3 is 15.9 Å². The molecule has 0 saturated carbocycles. The van der Waals surface area contributed by atoms with Crippen LogP contribution in [0.4, 0.5) is 0 Å². The molecule has 22 heavy (non-hydrogen) atoms. The van der Waals surface area contributed by atoms with Crippen LogP contribution in [0.1, 0.15) is 38.2 Å². The molecule has 0 fully saturated rings. The number of nitrogens with two attached hydrogens (primary N) is 1. The van der Waals surface area contributed by atoms with Crippen molar-refractivity contribution in [1.82, 2.24) is 0 Å². The maximum Gasteiger partial charge on any atom is 0.321 e. The molecule has 0 aliphatic carbocycles. The molecule has 1 aromatic carbocycles. The average Bonchev–Trinajstić information content (AvgIpc) is 2.50. The number of carbonyl (C=O) groups is 2. The van der Waals surface area contributed by atoms with Gasteiger partial charge in [0.25, 0.3) is 0 Å². The molecule has 0 saturated heterocycles. The van der Waals surface area contributed by atoms with Crippen molar-refractivity contribution in [3.05, 3.63) is 35.9 Å². The van der Waals surface area contributed by atoms with Gasteiger partial charge in [-0.1, -0.05) is 37.3 Å². The van der Waals surface area contributed by atoms with Gasteiger partial charge in [-0.15, -0.1) is 0 Å². The van der Waals surface area contributed by atoms with Gasteiger partial charge in [-0.2, -0.15) is 0 Å². The Balaban J connectivity index is 2.95. The SMILES string of the molecule is CCC(CC(CCCN)Cc1ccccc1)(C(=O)O)C(=O)O. The summed E-state index contributed by atoms with van der Waals surface area (Å²) in [5, 5.41) is 18.9. The first kappa shape index (κ1) is 18.2. The third kappa shape index (κ3) is 4.56. The van der Waals surface area contributed by atoms with E-state index in [1.54, 1.807) is 6.92 Å². The molecule has 5 heteroatoms. The fourth-order valence-electron chi connectivity index (χ4n) is 2.84. The molecule has 5 nitrogen and oxygen atoms in total. The fourth-order valence-corrected chi connectivity index (χ4v) is 2.84. The van der Waals surface area contributed by atoms with Crippen molar-refractivity contribution in [1.29, 1.82) is 0 Å². The number of carboxylic acids is 2. The van der Waals surface area contributed by atoms with Crippen LogP contribution in [0, 0.1) is 11.3 Å². The summed E-state index contributed by atoms with van der Waals surface area (Å²) in [7, 11) is 0. The summed E-state index contributed by atoms with van der Waals surface area (Å²) < 4.78 is 0. The molecule has 4 N–H and O–H groups in total. The quantitative estimate of drug-likeness (QED) is 0.577. The molecule has 122 valence electrons. The van der Waals surface area contributed by atoms with Crippen molar-refractivity contribution in [2.45, 2.75) is 39.0 Å². The van der Waals surface area contributed by atoms with Crippen molar-refractivity contribution in [2.75, 3.05) is 6.54 Å². The topological polar surface area (TPSA) is 101 Å². The van der Waals surface area contributed by atoms with Gasteiger partial charge in [0.1, 0.15) is 0 Å². The van der Waals surface area contributed by atoms with Crippen LogP contribution in [0.5, 0.6) is 0 Å². The largest absolute Gasteiger partial charge is 0.480 e. The van der Waals surface area contributed by atoms with E-state index in [0.717, 1.165) is 18.4 Å². The first-order valence-corrected chi connectivity index (χ1v) is 7.67. The van der Waals surface area contributed by atoms with E-state index in [1.807, 2.05) is 30.3 Å². The van der Waals surface area contributed by atoms with E-state index < -0.39 is 17.4 Å². The average molecular weight is 307 g/mol. The zero-order valence-electron chi connectivity index (χ0n) is 13.0. The highest BCUT2D eigenvalue weighted by atomic mass is 16.4. The van der Waals surface area contributed by atoms with E-state index in [4.69, 9.17) is 5.73 Å². The van der Waals surface area contributed by atoms with Crippen LogP contribution in [0.3, 0.4) is 0 Å². The van der Waals surface area contributed by atoms with Crippen LogP contribution < -0.4 is 5.73 Å². The van der Waals surface area contributed by atoms with E-state index in [-0.39, 0.29) is 18.8 Å². The Morgan fingerprint density at radius 3 is 2.23 bits per heavy atom. The molecule has 0 radical (unpaired) electrons. The Hall–Kier alpha value is -1.88. The monoisotopic (exact) mass is 307 g/mol. The van der Waals surface area contributed by atoms with Crippen LogP contribution in [0.2, 0.25) is 0 Å². The minimum absolute atomic E-state index is 0.0156. The number of rotatable bonds is 10. The van der Waals surface area contributed by atoms with E-state index in [2.05, 4.69) is 0 Å². The Kier molecular flexibility index (Phi) is 7.05. The van der Waals surface area contributed by atoms with Gasteiger partial charge in [-0.3, -0.25) is 9.59 Å². The second-order valence-corrected chi connectivity index (χ2v) is 5.74. The second kappa shape index (κ2) is 8.54. The molecule has 0 amide bonds. The number of hydrogen-bond acceptors (Lipinski definition) is 3. The molecule has 0 aliphatic heterocycles. The standard InChI is InChI=1S/C17H25NO4/c1-2-17(15(19)20,16(21)22)12-14(9-6-10-18)11-13-7-4-3-5-8-13/h3-5,7-8,14H,2,6,9-12,18H2,1H3,(H,19,20)(H,21,22). The van der Waals surface area contributed by atoms with Crippen molar-refractivity contribution in [3.8, 4) is 0 Å². The van der Waals surface area contributed by atoms with Gasteiger partial charge in [0.2, 0.25) is 0 Å². The minimum atomic E-state index is -1.71. The zero-order valence-corrected chi connectivity index (χ0v) is 13.0. The summed E-state index contributed by atoms with van der Waals surface area (Å²) in [6.45, 7) is 2.13. The second-order valence-electron chi connectivity index (χ2n) is 5.74. The van der Waals surface area contributed by atoms with Gasteiger partial charge in [-0.05, 0) is 50.1 Å². The molecule has 0 heterocycles. The lowest BCUT2D eigenvalue weighted by atomic mass is 9.74. The summed E-state index contributed by atoms with van der Waals surface area (Å²) in [4.78, 5) is 23.1. The highest BCUT2D eigenvalue weighted by Crippen LogP contribution is 2.34. The minimum Gasteiger partial charge on any atom is -0.480 e. The van der Waals surface area contributed by atoms with Crippen LogP contribution in [-0.4, -0.2) is 28.7 Å². The maximum atomic E-state index is 11.6. The van der Waals surface area contributed by atoms with E-state index in [1.165, 1.54) is 0 Å². The lowest BCUT2D eigenvalue weighted by molar-refractivity contribution is -0.166. The fraction of sp³-hybridized carbons (Fsp3) is 0.529. The van der Waals surface area contributed by atoms with Gasteiger partial charge in [0, 0.05) is 0 Å². The predicted molar refractivity (Wildman–Crippen MR) is 84.5 cm³/mol. The Morgan fingerprint density at radius 2 is 1.77 bits per heavy atom. The number of carboxylic acid groups (broad SMARTS) is 2. The summed E-state index contributed by atoms with van der Waals surface area (Å²) >= 11 is 0. The molecule has 0 aromatic heterocycles. The van der Waals surface area contributed by atoms with Crippen molar-refractivity contribution >= 4 is 11.9 Å². The Labute approximate surface area is 131 Å². The summed E-state index contributed by atoms with van der Waals surface area (Å²) in [5.74, 6) is -2.53. The lowest BCUT2D eigenvalue weighted by Crippen LogP contribution is -2.41. The molecule has 0 aliphatic rings. The third-order valence-electron chi connectivity index (χ3n) is 4.24.